The minimum atomic E-state index is -0.721. The Morgan fingerprint density at radius 3 is 2.10 bits per heavy atom. The third-order valence-corrected chi connectivity index (χ3v) is 4.66. The Morgan fingerprint density at radius 2 is 1.57 bits per heavy atom. The lowest BCUT2D eigenvalue weighted by Crippen LogP contribution is -1.93. The first-order valence-corrected chi connectivity index (χ1v) is 10.2. The van der Waals surface area contributed by atoms with Gasteiger partial charge in [0, 0.05) is 11.1 Å². The van der Waals surface area contributed by atoms with Crippen molar-refractivity contribution in [3.05, 3.63) is 85.2 Å². The van der Waals surface area contributed by atoms with Crippen molar-refractivity contribution in [1.82, 2.24) is 9.97 Å². The van der Waals surface area contributed by atoms with Crippen molar-refractivity contribution in [2.45, 2.75) is 32.4 Å². The molecule has 0 fully saturated rings. The Morgan fingerprint density at radius 1 is 0.967 bits per heavy atom. The highest BCUT2D eigenvalue weighted by Gasteiger charge is 2.04. The molecule has 0 amide bonds. The van der Waals surface area contributed by atoms with Gasteiger partial charge in [-0.25, -0.2) is 4.39 Å². The Balaban J connectivity index is 1.60. The predicted molar refractivity (Wildman–Crippen MR) is 122 cm³/mol. The molecule has 3 nitrogen and oxygen atoms in total. The van der Waals surface area contributed by atoms with Crippen LogP contribution in [0.1, 0.15) is 31.7 Å². The van der Waals surface area contributed by atoms with Gasteiger partial charge in [-0.3, -0.25) is 9.97 Å². The van der Waals surface area contributed by atoms with E-state index >= 15 is 0 Å². The Hall–Kier alpha value is -3.27. The van der Waals surface area contributed by atoms with Crippen molar-refractivity contribution in [2.24, 2.45) is 0 Å². The molecule has 1 aromatic heterocycles. The monoisotopic (exact) mass is 402 g/mol. The summed E-state index contributed by atoms with van der Waals surface area (Å²) in [7, 11) is 0. The quantitative estimate of drug-likeness (QED) is 0.273. The second-order valence-electron chi connectivity index (χ2n) is 7.15. The molecule has 154 valence electrons. The van der Waals surface area contributed by atoms with Crippen LogP contribution in [0.15, 0.2) is 79.7 Å². The maximum atomic E-state index is 12.8. The van der Waals surface area contributed by atoms with Gasteiger partial charge >= 0.3 is 0 Å². The van der Waals surface area contributed by atoms with Crippen molar-refractivity contribution < 1.29 is 9.13 Å². The number of aromatic nitrogens is 2. The van der Waals surface area contributed by atoms with E-state index in [1.807, 2.05) is 36.4 Å². The molecule has 0 aliphatic carbocycles. The van der Waals surface area contributed by atoms with Crippen LogP contribution in [0.2, 0.25) is 0 Å². The largest absolute Gasteiger partial charge is 0.490 e. The fraction of sp³-hybridized carbons (Fsp3) is 0.231. The average Bonchev–Trinajstić information content (AvgIpc) is 2.78. The van der Waals surface area contributed by atoms with Gasteiger partial charge in [0.15, 0.2) is 0 Å². The first kappa shape index (κ1) is 21.4. The third-order valence-electron chi connectivity index (χ3n) is 4.66. The smallest absolute Gasteiger partial charge is 0.119 e. The molecule has 2 aromatic carbocycles. The predicted octanol–water partition coefficient (Wildman–Crippen LogP) is 6.92. The molecular weight excluding hydrogens is 375 g/mol. The van der Waals surface area contributed by atoms with Crippen LogP contribution in [0.5, 0.6) is 5.75 Å². The van der Waals surface area contributed by atoms with Crippen LogP contribution in [0.4, 0.5) is 4.39 Å². The van der Waals surface area contributed by atoms with E-state index in [9.17, 15) is 4.39 Å². The lowest BCUT2D eigenvalue weighted by atomic mass is 10.1. The summed E-state index contributed by atoms with van der Waals surface area (Å²) in [6.07, 6.45) is 11.1. The molecule has 1 atom stereocenters. The van der Waals surface area contributed by atoms with E-state index in [1.165, 1.54) is 0 Å². The van der Waals surface area contributed by atoms with Crippen molar-refractivity contribution in [3.8, 4) is 28.3 Å². The number of hydrogen-bond acceptors (Lipinski definition) is 3. The van der Waals surface area contributed by atoms with E-state index in [4.69, 9.17) is 4.74 Å². The van der Waals surface area contributed by atoms with Gasteiger partial charge in [0.2, 0.25) is 0 Å². The van der Waals surface area contributed by atoms with E-state index in [-0.39, 0.29) is 0 Å². The molecule has 0 aliphatic rings. The van der Waals surface area contributed by atoms with Gasteiger partial charge in [0.1, 0.15) is 12.4 Å². The van der Waals surface area contributed by atoms with Crippen LogP contribution in [0, 0.1) is 0 Å². The van der Waals surface area contributed by atoms with Gasteiger partial charge in [-0.1, -0.05) is 49.1 Å². The van der Waals surface area contributed by atoms with Crippen molar-refractivity contribution in [1.29, 1.82) is 0 Å². The van der Waals surface area contributed by atoms with Crippen LogP contribution >= 0.6 is 0 Å². The topological polar surface area (TPSA) is 35.0 Å². The molecule has 0 saturated carbocycles. The SMILES string of the molecule is C=CCOc1ccc(-c2cnc(-c3ccc(/C=C/CCCC(C)F)cc3)cn2)cc1. The first-order chi connectivity index (χ1) is 14.7. The summed E-state index contributed by atoms with van der Waals surface area (Å²) < 4.78 is 18.3. The molecule has 30 heavy (non-hydrogen) atoms. The zero-order valence-corrected chi connectivity index (χ0v) is 17.3. The van der Waals surface area contributed by atoms with Gasteiger partial charge in [-0.05, 0) is 56.0 Å². The van der Waals surface area contributed by atoms with Gasteiger partial charge in [-0.2, -0.15) is 0 Å². The van der Waals surface area contributed by atoms with Crippen molar-refractivity contribution in [2.75, 3.05) is 6.61 Å². The van der Waals surface area contributed by atoms with Gasteiger partial charge < -0.3 is 4.74 Å². The summed E-state index contributed by atoms with van der Waals surface area (Å²) in [5.74, 6) is 0.800. The maximum absolute atomic E-state index is 12.8. The first-order valence-electron chi connectivity index (χ1n) is 10.2. The second kappa shape index (κ2) is 11.1. The van der Waals surface area contributed by atoms with E-state index in [0.717, 1.165) is 46.7 Å². The van der Waals surface area contributed by atoms with E-state index < -0.39 is 6.17 Å². The number of unbranched alkanes of at least 4 members (excludes halogenated alkanes) is 1. The van der Waals surface area contributed by atoms with Gasteiger partial charge in [0.05, 0.1) is 30.0 Å². The highest BCUT2D eigenvalue weighted by Crippen LogP contribution is 2.23. The third kappa shape index (κ3) is 6.38. The number of rotatable bonds is 10. The number of nitrogens with zero attached hydrogens (tertiary/aromatic N) is 2. The normalized spacial score (nSPS) is 12.1. The number of halogens is 1. The molecule has 1 heterocycles. The van der Waals surface area contributed by atoms with Crippen LogP contribution < -0.4 is 4.74 Å². The summed E-state index contributed by atoms with van der Waals surface area (Å²) in [5, 5.41) is 0. The van der Waals surface area contributed by atoms with Crippen LogP contribution in [-0.2, 0) is 0 Å². The summed E-state index contributed by atoms with van der Waals surface area (Å²) >= 11 is 0. The van der Waals surface area contributed by atoms with Crippen molar-refractivity contribution in [3.63, 3.8) is 0 Å². The fourth-order valence-corrected chi connectivity index (χ4v) is 3.00. The summed E-state index contributed by atoms with van der Waals surface area (Å²) in [5.41, 5.74) is 4.77. The molecule has 3 aromatic rings. The minimum absolute atomic E-state index is 0.487. The standard InChI is InChI=1S/C26H27FN2O/c1-3-17-30-24-15-13-23(14-16-24)26-19-28-25(18-29-26)22-11-9-21(10-12-22)8-6-4-5-7-20(2)27/h3,6,8-16,18-20H,1,4-5,7,17H2,2H3/b8-6+. The number of ether oxygens (including phenoxy) is 1. The number of benzene rings is 2. The van der Waals surface area contributed by atoms with Crippen LogP contribution in [0.3, 0.4) is 0 Å². The molecule has 1 unspecified atom stereocenters. The molecule has 0 saturated heterocycles. The maximum Gasteiger partial charge on any atom is 0.119 e. The average molecular weight is 403 g/mol. The molecular formula is C26H27FN2O. The lowest BCUT2D eigenvalue weighted by Gasteiger charge is -2.06. The van der Waals surface area contributed by atoms with E-state index in [1.54, 1.807) is 25.4 Å². The van der Waals surface area contributed by atoms with Crippen LogP contribution in [0.25, 0.3) is 28.6 Å². The van der Waals surface area contributed by atoms with Gasteiger partial charge in [0.25, 0.3) is 0 Å². The second-order valence-corrected chi connectivity index (χ2v) is 7.15. The molecule has 0 aliphatic heterocycles. The molecule has 0 N–H and O–H groups in total. The Labute approximate surface area is 178 Å². The number of alkyl halides is 1. The highest BCUT2D eigenvalue weighted by molar-refractivity contribution is 5.64. The van der Waals surface area contributed by atoms with Crippen LogP contribution in [-0.4, -0.2) is 22.7 Å². The zero-order valence-electron chi connectivity index (χ0n) is 17.3. The molecule has 4 heteroatoms. The lowest BCUT2D eigenvalue weighted by molar-refractivity contribution is 0.335. The number of allylic oxidation sites excluding steroid dienone is 1. The number of hydrogen-bond donors (Lipinski definition) is 0. The molecule has 0 radical (unpaired) electrons. The molecule has 3 rings (SSSR count). The summed E-state index contributed by atoms with van der Waals surface area (Å²) in [4.78, 5) is 9.13. The molecule has 0 spiro atoms. The Bertz CT molecular complexity index is 946. The summed E-state index contributed by atoms with van der Waals surface area (Å²) in [6, 6.07) is 16.0. The zero-order chi connectivity index (χ0) is 21.2. The van der Waals surface area contributed by atoms with Crippen molar-refractivity contribution >= 4 is 6.08 Å². The fourth-order valence-electron chi connectivity index (χ4n) is 3.00. The van der Waals surface area contributed by atoms with Gasteiger partial charge in [-0.15, -0.1) is 0 Å². The highest BCUT2D eigenvalue weighted by atomic mass is 19.1. The minimum Gasteiger partial charge on any atom is -0.490 e. The summed E-state index contributed by atoms with van der Waals surface area (Å²) in [6.45, 7) is 5.74. The Kier molecular flexibility index (Phi) is 7.90. The molecule has 0 bridgehead atoms. The van der Waals surface area contributed by atoms with E-state index in [2.05, 4.69) is 40.8 Å². The van der Waals surface area contributed by atoms with E-state index in [0.29, 0.717) is 13.0 Å².